The highest BCUT2D eigenvalue weighted by Crippen LogP contribution is 2.23. The molecule has 1 aromatic carbocycles. The van der Waals surface area contributed by atoms with Crippen molar-refractivity contribution in [3.05, 3.63) is 35.9 Å². The highest BCUT2D eigenvalue weighted by atomic mass is 16.7. The lowest BCUT2D eigenvalue weighted by Crippen LogP contribution is -2.42. The minimum Gasteiger partial charge on any atom is -0.367 e. The fourth-order valence-corrected chi connectivity index (χ4v) is 2.33. The van der Waals surface area contributed by atoms with Crippen molar-refractivity contribution in [2.75, 3.05) is 13.1 Å². The largest absolute Gasteiger partial charge is 0.367 e. The highest BCUT2D eigenvalue weighted by Gasteiger charge is 2.31. The maximum Gasteiger partial charge on any atom is 0.330 e. The van der Waals surface area contributed by atoms with Crippen LogP contribution in [0.3, 0.4) is 0 Å². The molecule has 1 fully saturated rings. The van der Waals surface area contributed by atoms with Gasteiger partial charge in [0, 0.05) is 24.6 Å². The van der Waals surface area contributed by atoms with Crippen molar-refractivity contribution in [1.29, 1.82) is 0 Å². The molecule has 0 aromatic heterocycles. The van der Waals surface area contributed by atoms with Crippen LogP contribution in [0.5, 0.6) is 0 Å². The minimum absolute atomic E-state index is 0.103. The number of carbonyl (C=O) groups excluding carboxylic acids is 2. The van der Waals surface area contributed by atoms with Gasteiger partial charge in [0.15, 0.2) is 5.78 Å². The number of ketones is 1. The molecule has 0 N–H and O–H groups in total. The monoisotopic (exact) mass is 289 g/mol. The van der Waals surface area contributed by atoms with Gasteiger partial charge in [-0.2, -0.15) is 0 Å². The average Bonchev–Trinajstić information content (AvgIpc) is 2.46. The van der Waals surface area contributed by atoms with E-state index < -0.39 is 5.41 Å². The maximum absolute atomic E-state index is 12.5. The fourth-order valence-electron chi connectivity index (χ4n) is 2.33. The highest BCUT2D eigenvalue weighted by molar-refractivity contribution is 5.98. The van der Waals surface area contributed by atoms with Gasteiger partial charge in [0.1, 0.15) is 0 Å². The van der Waals surface area contributed by atoms with E-state index in [4.69, 9.17) is 4.84 Å². The van der Waals surface area contributed by atoms with Crippen molar-refractivity contribution in [3.8, 4) is 0 Å². The van der Waals surface area contributed by atoms with Crippen LogP contribution in [0, 0.1) is 11.3 Å². The van der Waals surface area contributed by atoms with Crippen molar-refractivity contribution in [3.63, 3.8) is 0 Å². The number of hydrogen-bond donors (Lipinski definition) is 0. The molecule has 0 saturated carbocycles. The molecule has 1 aromatic rings. The van der Waals surface area contributed by atoms with Gasteiger partial charge in [-0.3, -0.25) is 4.79 Å². The van der Waals surface area contributed by atoms with E-state index in [1.54, 1.807) is 5.06 Å². The van der Waals surface area contributed by atoms with E-state index in [0.29, 0.717) is 13.1 Å². The molecule has 0 spiro atoms. The molecule has 2 rings (SSSR count). The summed E-state index contributed by atoms with van der Waals surface area (Å²) in [5.74, 6) is -0.226. The zero-order valence-corrected chi connectivity index (χ0v) is 13.0. The Bertz CT molecular complexity index is 505. The molecule has 114 valence electrons. The van der Waals surface area contributed by atoms with E-state index in [2.05, 4.69) is 0 Å². The molecule has 21 heavy (non-hydrogen) atoms. The summed E-state index contributed by atoms with van der Waals surface area (Å²) in [6.07, 6.45) is 1.71. The number of hydroxylamine groups is 2. The second-order valence-electron chi connectivity index (χ2n) is 6.59. The first-order valence-corrected chi connectivity index (χ1v) is 7.44. The Hall–Kier alpha value is -1.68. The number of piperidine rings is 1. The molecule has 4 nitrogen and oxygen atoms in total. The second-order valence-corrected chi connectivity index (χ2v) is 6.59. The van der Waals surface area contributed by atoms with Gasteiger partial charge >= 0.3 is 5.97 Å². The smallest absolute Gasteiger partial charge is 0.330 e. The Morgan fingerprint density at radius 3 is 2.48 bits per heavy atom. The van der Waals surface area contributed by atoms with Gasteiger partial charge in [-0.15, -0.1) is 5.06 Å². The van der Waals surface area contributed by atoms with Crippen molar-refractivity contribution in [1.82, 2.24) is 5.06 Å². The Morgan fingerprint density at radius 1 is 1.19 bits per heavy atom. The minimum atomic E-state index is -0.531. The lowest BCUT2D eigenvalue weighted by molar-refractivity contribution is -0.206. The van der Waals surface area contributed by atoms with Crippen molar-refractivity contribution in [2.45, 2.75) is 33.6 Å². The zero-order valence-electron chi connectivity index (χ0n) is 13.0. The number of benzene rings is 1. The molecule has 0 bridgehead atoms. The normalized spacial score (nSPS) is 20.0. The summed E-state index contributed by atoms with van der Waals surface area (Å²) in [4.78, 5) is 29.8. The maximum atomic E-state index is 12.5. The van der Waals surface area contributed by atoms with Crippen LogP contribution in [0.1, 0.15) is 44.0 Å². The van der Waals surface area contributed by atoms with Crippen molar-refractivity contribution < 1.29 is 14.4 Å². The van der Waals surface area contributed by atoms with E-state index in [0.717, 1.165) is 18.4 Å². The Balaban J connectivity index is 1.98. The summed E-state index contributed by atoms with van der Waals surface area (Å²) in [7, 11) is 0. The third kappa shape index (κ3) is 4.14. The number of nitrogens with zero attached hydrogens (tertiary/aromatic N) is 1. The number of Topliss-reactive ketones (excluding diaryl/α,β-unsaturated/α-hetero) is 1. The van der Waals surface area contributed by atoms with Gasteiger partial charge in [-0.05, 0) is 33.6 Å². The van der Waals surface area contributed by atoms with Crippen LogP contribution < -0.4 is 0 Å². The average molecular weight is 289 g/mol. The molecule has 0 aliphatic carbocycles. The van der Waals surface area contributed by atoms with Gasteiger partial charge in [-0.1, -0.05) is 30.3 Å². The van der Waals surface area contributed by atoms with Crippen LogP contribution in [0.15, 0.2) is 30.3 Å². The predicted molar refractivity (Wildman–Crippen MR) is 80.6 cm³/mol. The Labute approximate surface area is 126 Å². The van der Waals surface area contributed by atoms with Crippen molar-refractivity contribution >= 4 is 11.8 Å². The summed E-state index contributed by atoms with van der Waals surface area (Å²) in [6.45, 7) is 6.65. The summed E-state index contributed by atoms with van der Waals surface area (Å²) in [5, 5.41) is 1.64. The third-order valence-electron chi connectivity index (χ3n) is 3.64. The van der Waals surface area contributed by atoms with E-state index in [9.17, 15) is 9.59 Å². The van der Waals surface area contributed by atoms with Gasteiger partial charge in [0.2, 0.25) is 0 Å². The first-order valence-electron chi connectivity index (χ1n) is 7.44. The quantitative estimate of drug-likeness (QED) is 0.802. The number of hydrogen-bond acceptors (Lipinski definition) is 4. The molecule has 0 amide bonds. The summed E-state index contributed by atoms with van der Waals surface area (Å²) in [5.41, 5.74) is 0.197. The van der Waals surface area contributed by atoms with Gasteiger partial charge < -0.3 is 4.84 Å². The van der Waals surface area contributed by atoms with Crippen LogP contribution in [-0.4, -0.2) is 29.9 Å². The molecule has 0 unspecified atom stereocenters. The van der Waals surface area contributed by atoms with E-state index in [1.807, 2.05) is 51.1 Å². The Morgan fingerprint density at radius 2 is 1.86 bits per heavy atom. The molecule has 1 heterocycles. The molecular formula is C17H23NO3. The summed E-state index contributed by atoms with van der Waals surface area (Å²) < 4.78 is 0. The lowest BCUT2D eigenvalue weighted by Gasteiger charge is -2.32. The molecule has 4 heteroatoms. The van der Waals surface area contributed by atoms with Crippen LogP contribution in [0.4, 0.5) is 0 Å². The van der Waals surface area contributed by atoms with Crippen molar-refractivity contribution in [2.24, 2.45) is 11.3 Å². The third-order valence-corrected chi connectivity index (χ3v) is 3.64. The van der Waals surface area contributed by atoms with Gasteiger partial charge in [0.25, 0.3) is 0 Å². The molecule has 1 aliphatic heterocycles. The standard InChI is InChI=1S/C17H23NO3/c1-17(2,3)16(20)21-18-11-7-10-14(12-18)15(19)13-8-5-4-6-9-13/h4-6,8-9,14H,7,10-12H2,1-3H3/t14-/m0/s1. The van der Waals surface area contributed by atoms with E-state index >= 15 is 0 Å². The number of carbonyl (C=O) groups is 2. The summed E-state index contributed by atoms with van der Waals surface area (Å²) in [6, 6.07) is 9.31. The molecular weight excluding hydrogens is 266 g/mol. The van der Waals surface area contributed by atoms with Crippen LogP contribution in [-0.2, 0) is 9.63 Å². The van der Waals surface area contributed by atoms with E-state index in [1.165, 1.54) is 0 Å². The fraction of sp³-hybridized carbons (Fsp3) is 0.529. The molecule has 1 saturated heterocycles. The topological polar surface area (TPSA) is 46.6 Å². The number of rotatable bonds is 3. The van der Waals surface area contributed by atoms with Crippen LogP contribution in [0.25, 0.3) is 0 Å². The molecule has 1 aliphatic rings. The summed E-state index contributed by atoms with van der Waals surface area (Å²) >= 11 is 0. The molecule has 0 radical (unpaired) electrons. The zero-order chi connectivity index (χ0) is 15.5. The SMILES string of the molecule is CC(C)(C)C(=O)ON1CCC[C@H](C(=O)c2ccccc2)C1. The lowest BCUT2D eigenvalue weighted by atomic mass is 9.91. The van der Waals surface area contributed by atoms with Gasteiger partial charge in [0.05, 0.1) is 5.41 Å². The first kappa shape index (κ1) is 15.7. The predicted octanol–water partition coefficient (Wildman–Crippen LogP) is 3.09. The Kier molecular flexibility index (Phi) is 4.78. The van der Waals surface area contributed by atoms with Gasteiger partial charge in [-0.25, -0.2) is 4.79 Å². The van der Waals surface area contributed by atoms with E-state index in [-0.39, 0.29) is 17.7 Å². The second kappa shape index (κ2) is 6.39. The van der Waals surface area contributed by atoms with Crippen LogP contribution in [0.2, 0.25) is 0 Å². The molecule has 1 atom stereocenters. The van der Waals surface area contributed by atoms with Crippen LogP contribution >= 0.6 is 0 Å². The first-order chi connectivity index (χ1) is 9.88.